The van der Waals surface area contributed by atoms with Gasteiger partial charge in [-0.3, -0.25) is 14.4 Å². The third-order valence-corrected chi connectivity index (χ3v) is 12.9. The third-order valence-electron chi connectivity index (χ3n) is 12.9. The Balaban J connectivity index is 4.38. The Morgan fingerprint density at radius 3 is 0.778 bits per heavy atom. The van der Waals surface area contributed by atoms with Crippen LogP contribution in [0, 0.1) is 0 Å². The van der Waals surface area contributed by atoms with Crippen LogP contribution in [0.2, 0.25) is 0 Å². The van der Waals surface area contributed by atoms with E-state index in [0.29, 0.717) is 19.3 Å². The molecule has 0 saturated heterocycles. The SMILES string of the molecule is CC/C=C\C/C=C\C/C=C\C/C=C\C/C=C\C/C=C\CCCCCCCCCCCCCCC(=O)OCC(COC(=O)CC/C=C\C/C=C\C/C=C\C/C=C\CC)OC(=O)CCCCC/C=C\C/C=C\C/C=C\C/C=C\C/C=C\CC. The number of esters is 3. The van der Waals surface area contributed by atoms with Crippen molar-refractivity contribution < 1.29 is 28.6 Å². The molecule has 0 aliphatic heterocycles. The molecule has 0 saturated carbocycles. The first-order chi connectivity index (χ1) is 40.0. The zero-order chi connectivity index (χ0) is 58.5. The maximum Gasteiger partial charge on any atom is 0.306 e. The fraction of sp³-hybridized carbons (Fsp3) is 0.560. The van der Waals surface area contributed by atoms with Gasteiger partial charge in [0.1, 0.15) is 13.2 Å². The van der Waals surface area contributed by atoms with Crippen molar-refractivity contribution in [2.45, 2.75) is 258 Å². The Labute approximate surface area is 497 Å². The molecule has 0 aromatic carbocycles. The lowest BCUT2D eigenvalue weighted by atomic mass is 10.0. The molecule has 0 aliphatic rings. The first-order valence-electron chi connectivity index (χ1n) is 32.3. The summed E-state index contributed by atoms with van der Waals surface area (Å²) in [6, 6.07) is 0. The van der Waals surface area contributed by atoms with Crippen LogP contribution in [-0.2, 0) is 28.6 Å². The summed E-state index contributed by atoms with van der Waals surface area (Å²) in [6.07, 6.45) is 101. The number of rotatable bonds is 56. The molecule has 0 aromatic heterocycles. The number of hydrogen-bond donors (Lipinski definition) is 0. The summed E-state index contributed by atoms with van der Waals surface area (Å²) in [5, 5.41) is 0. The van der Waals surface area contributed by atoms with Crippen molar-refractivity contribution in [3.63, 3.8) is 0 Å². The number of carbonyl (C=O) groups is 3. The van der Waals surface area contributed by atoms with Crippen molar-refractivity contribution in [3.8, 4) is 0 Å². The van der Waals surface area contributed by atoms with E-state index >= 15 is 0 Å². The van der Waals surface area contributed by atoms with Crippen molar-refractivity contribution in [2.75, 3.05) is 13.2 Å². The summed E-state index contributed by atoms with van der Waals surface area (Å²) in [5.41, 5.74) is 0. The summed E-state index contributed by atoms with van der Waals surface area (Å²) in [4.78, 5) is 38.2. The second kappa shape index (κ2) is 67.0. The molecule has 0 N–H and O–H groups in total. The number of ether oxygens (including phenoxy) is 3. The van der Waals surface area contributed by atoms with E-state index in [1.165, 1.54) is 64.2 Å². The zero-order valence-corrected chi connectivity index (χ0v) is 51.7. The van der Waals surface area contributed by atoms with Crippen LogP contribution in [0.15, 0.2) is 182 Å². The van der Waals surface area contributed by atoms with E-state index in [2.05, 4.69) is 191 Å². The lowest BCUT2D eigenvalue weighted by Gasteiger charge is -2.18. The summed E-state index contributed by atoms with van der Waals surface area (Å²) < 4.78 is 16.8. The quantitative estimate of drug-likeness (QED) is 0.0261. The molecular formula is C75H116O6. The number of allylic oxidation sites excluding steroid dienone is 30. The van der Waals surface area contributed by atoms with Gasteiger partial charge in [0.2, 0.25) is 0 Å². The van der Waals surface area contributed by atoms with Crippen LogP contribution in [0.1, 0.15) is 252 Å². The topological polar surface area (TPSA) is 78.9 Å². The smallest absolute Gasteiger partial charge is 0.306 e. The molecular weight excluding hydrogens is 997 g/mol. The Morgan fingerprint density at radius 2 is 0.469 bits per heavy atom. The molecule has 81 heavy (non-hydrogen) atoms. The predicted molar refractivity (Wildman–Crippen MR) is 352 cm³/mol. The van der Waals surface area contributed by atoms with E-state index in [9.17, 15) is 14.4 Å². The molecule has 0 radical (unpaired) electrons. The minimum absolute atomic E-state index is 0.123. The van der Waals surface area contributed by atoms with E-state index in [1.54, 1.807) is 0 Å². The van der Waals surface area contributed by atoms with Crippen LogP contribution >= 0.6 is 0 Å². The Morgan fingerprint density at radius 1 is 0.247 bits per heavy atom. The van der Waals surface area contributed by atoms with Crippen LogP contribution < -0.4 is 0 Å². The maximum absolute atomic E-state index is 12.9. The molecule has 0 rings (SSSR count). The van der Waals surface area contributed by atoms with Gasteiger partial charge in [-0.2, -0.15) is 0 Å². The van der Waals surface area contributed by atoms with Crippen LogP contribution in [-0.4, -0.2) is 37.2 Å². The fourth-order valence-electron chi connectivity index (χ4n) is 8.19. The molecule has 0 heterocycles. The van der Waals surface area contributed by atoms with Crippen molar-refractivity contribution in [1.82, 2.24) is 0 Å². The summed E-state index contributed by atoms with van der Waals surface area (Å²) >= 11 is 0. The van der Waals surface area contributed by atoms with Gasteiger partial charge >= 0.3 is 17.9 Å². The predicted octanol–water partition coefficient (Wildman–Crippen LogP) is 22.4. The lowest BCUT2D eigenvalue weighted by Crippen LogP contribution is -2.30. The van der Waals surface area contributed by atoms with E-state index in [4.69, 9.17) is 14.2 Å². The standard InChI is InChI=1S/C75H116O6/c1-4-7-10-13-16-19-22-25-27-29-31-32-33-34-35-36-37-38-39-40-41-42-44-45-47-50-53-56-59-62-65-68-74(77)80-71-72(70-79-73(76)67-64-61-58-55-52-49-24-21-18-15-12-9-6-3)81-75(78)69-66-63-60-57-54-51-48-46-43-30-28-26-23-20-17-14-11-8-5-2/h7-12,16-21,25-28,31-32,34-35,37-38,43,46,49,51-52,54,58,61,72H,4-6,13-15,22-24,29-30,33,36,39-42,44-45,47-48,50,53,55-57,59-60,62-71H2,1-3H3/b10-7-,11-8-,12-9-,19-16-,20-17-,21-18-,27-25-,28-26-,32-31-,35-34-,38-37-,46-43-,52-49-,54-51-,61-58-. The molecule has 0 aromatic rings. The van der Waals surface area contributed by atoms with Crippen molar-refractivity contribution in [2.24, 2.45) is 0 Å². The number of carbonyl (C=O) groups excluding carboxylic acids is 3. The molecule has 0 aliphatic carbocycles. The normalized spacial score (nSPS) is 13.4. The number of hydrogen-bond acceptors (Lipinski definition) is 6. The van der Waals surface area contributed by atoms with Gasteiger partial charge < -0.3 is 14.2 Å². The third kappa shape index (κ3) is 65.2. The molecule has 1 atom stereocenters. The van der Waals surface area contributed by atoms with Crippen molar-refractivity contribution in [1.29, 1.82) is 0 Å². The molecule has 6 nitrogen and oxygen atoms in total. The van der Waals surface area contributed by atoms with Gasteiger partial charge in [-0.25, -0.2) is 0 Å². The van der Waals surface area contributed by atoms with Gasteiger partial charge in [-0.05, 0) is 141 Å². The highest BCUT2D eigenvalue weighted by Crippen LogP contribution is 2.15. The van der Waals surface area contributed by atoms with Crippen molar-refractivity contribution in [3.05, 3.63) is 182 Å². The maximum atomic E-state index is 12.9. The fourth-order valence-corrected chi connectivity index (χ4v) is 8.19. The molecule has 452 valence electrons. The highest BCUT2D eigenvalue weighted by atomic mass is 16.6. The van der Waals surface area contributed by atoms with Gasteiger partial charge in [-0.15, -0.1) is 0 Å². The average Bonchev–Trinajstić information content (AvgIpc) is 3.46. The Bertz CT molecular complexity index is 1900. The second-order valence-corrected chi connectivity index (χ2v) is 20.5. The van der Waals surface area contributed by atoms with E-state index in [0.717, 1.165) is 135 Å². The Hall–Kier alpha value is -5.49. The van der Waals surface area contributed by atoms with Gasteiger partial charge in [0.05, 0.1) is 0 Å². The molecule has 0 spiro atoms. The first-order valence-corrected chi connectivity index (χ1v) is 32.3. The monoisotopic (exact) mass is 1110 g/mol. The first kappa shape index (κ1) is 75.5. The summed E-state index contributed by atoms with van der Waals surface area (Å²) in [5.74, 6) is -1.05. The second-order valence-electron chi connectivity index (χ2n) is 20.5. The minimum atomic E-state index is -0.836. The van der Waals surface area contributed by atoms with E-state index in [-0.39, 0.29) is 44.0 Å². The molecule has 6 heteroatoms. The lowest BCUT2D eigenvalue weighted by molar-refractivity contribution is -0.166. The summed E-state index contributed by atoms with van der Waals surface area (Å²) in [7, 11) is 0. The minimum Gasteiger partial charge on any atom is -0.462 e. The molecule has 1 unspecified atom stereocenters. The zero-order valence-electron chi connectivity index (χ0n) is 51.7. The van der Waals surface area contributed by atoms with Gasteiger partial charge in [0.25, 0.3) is 0 Å². The van der Waals surface area contributed by atoms with Crippen molar-refractivity contribution >= 4 is 17.9 Å². The highest BCUT2D eigenvalue weighted by Gasteiger charge is 2.19. The van der Waals surface area contributed by atoms with Gasteiger partial charge in [0.15, 0.2) is 6.10 Å². The molecule has 0 fully saturated rings. The van der Waals surface area contributed by atoms with Crippen LogP contribution in [0.25, 0.3) is 0 Å². The van der Waals surface area contributed by atoms with E-state index < -0.39 is 6.10 Å². The van der Waals surface area contributed by atoms with Crippen LogP contribution in [0.4, 0.5) is 0 Å². The van der Waals surface area contributed by atoms with Gasteiger partial charge in [-0.1, -0.05) is 274 Å². The summed E-state index contributed by atoms with van der Waals surface area (Å²) in [6.45, 7) is 6.19. The molecule has 0 bridgehead atoms. The largest absolute Gasteiger partial charge is 0.462 e. The van der Waals surface area contributed by atoms with E-state index in [1.807, 2.05) is 12.2 Å². The molecule has 0 amide bonds. The number of unbranched alkanes of at least 4 members (excludes halogenated alkanes) is 15. The highest BCUT2D eigenvalue weighted by molar-refractivity contribution is 5.71. The van der Waals surface area contributed by atoms with Gasteiger partial charge in [0, 0.05) is 19.3 Å². The Kier molecular flexibility index (Phi) is 62.5. The van der Waals surface area contributed by atoms with Crippen LogP contribution in [0.3, 0.4) is 0 Å². The van der Waals surface area contributed by atoms with Crippen LogP contribution in [0.5, 0.6) is 0 Å². The average molecular weight is 1110 g/mol.